The summed E-state index contributed by atoms with van der Waals surface area (Å²) in [7, 11) is 0. The van der Waals surface area contributed by atoms with Gasteiger partial charge in [0.15, 0.2) is 5.82 Å². The SMILES string of the molecule is CCNC(C)C(C)c1nc(C2Cc3ccccc32)no1. The van der Waals surface area contributed by atoms with Crippen molar-refractivity contribution in [1.82, 2.24) is 15.5 Å². The van der Waals surface area contributed by atoms with Crippen molar-refractivity contribution < 1.29 is 4.52 Å². The lowest BCUT2D eigenvalue weighted by Crippen LogP contribution is -2.30. The van der Waals surface area contributed by atoms with Gasteiger partial charge in [0.05, 0.1) is 11.8 Å². The van der Waals surface area contributed by atoms with E-state index >= 15 is 0 Å². The van der Waals surface area contributed by atoms with Gasteiger partial charge in [-0.1, -0.05) is 43.3 Å². The van der Waals surface area contributed by atoms with Crippen LogP contribution in [0, 0.1) is 0 Å². The van der Waals surface area contributed by atoms with Gasteiger partial charge in [0.2, 0.25) is 5.89 Å². The molecule has 0 amide bonds. The Morgan fingerprint density at radius 3 is 2.90 bits per heavy atom. The fourth-order valence-electron chi connectivity index (χ4n) is 2.78. The van der Waals surface area contributed by atoms with Crippen molar-refractivity contribution in [1.29, 1.82) is 0 Å². The summed E-state index contributed by atoms with van der Waals surface area (Å²) in [5, 5.41) is 7.58. The number of aromatic nitrogens is 2. The Balaban J connectivity index is 1.75. The standard InChI is InChI=1S/C16H21N3O/c1-4-17-11(3)10(2)16-18-15(19-20-16)14-9-12-7-5-6-8-13(12)14/h5-8,10-11,14,17H,4,9H2,1-3H3. The lowest BCUT2D eigenvalue weighted by Gasteiger charge is -2.27. The summed E-state index contributed by atoms with van der Waals surface area (Å²) in [5.41, 5.74) is 2.74. The second kappa shape index (κ2) is 5.37. The number of nitrogens with one attached hydrogen (secondary N) is 1. The van der Waals surface area contributed by atoms with Crippen LogP contribution in [0.2, 0.25) is 0 Å². The molecule has 0 radical (unpaired) electrons. The maximum Gasteiger partial charge on any atom is 0.231 e. The second-order valence-corrected chi connectivity index (χ2v) is 5.58. The summed E-state index contributed by atoms with van der Waals surface area (Å²) in [6, 6.07) is 8.81. The lowest BCUT2D eigenvalue weighted by atomic mass is 9.77. The normalized spacial score (nSPS) is 20.1. The van der Waals surface area contributed by atoms with Gasteiger partial charge in [0.1, 0.15) is 0 Å². The number of fused-ring (bicyclic) bond motifs is 1. The lowest BCUT2D eigenvalue weighted by molar-refractivity contribution is 0.328. The highest BCUT2D eigenvalue weighted by molar-refractivity contribution is 5.43. The number of likely N-dealkylation sites (N-methyl/N-ethyl adjacent to an activating group) is 1. The molecule has 106 valence electrons. The molecule has 1 aliphatic rings. The molecule has 1 N–H and O–H groups in total. The van der Waals surface area contributed by atoms with Gasteiger partial charge in [-0.2, -0.15) is 4.98 Å². The van der Waals surface area contributed by atoms with Crippen LogP contribution < -0.4 is 5.32 Å². The molecule has 1 aromatic carbocycles. The number of rotatable bonds is 5. The van der Waals surface area contributed by atoms with Crippen molar-refractivity contribution in [3.8, 4) is 0 Å². The van der Waals surface area contributed by atoms with E-state index in [0.717, 1.165) is 24.7 Å². The van der Waals surface area contributed by atoms with Crippen LogP contribution in [0.5, 0.6) is 0 Å². The molecule has 1 aliphatic carbocycles. The molecular formula is C16H21N3O. The van der Waals surface area contributed by atoms with Crippen LogP contribution in [0.15, 0.2) is 28.8 Å². The molecule has 0 saturated carbocycles. The van der Waals surface area contributed by atoms with Crippen LogP contribution in [-0.2, 0) is 6.42 Å². The maximum atomic E-state index is 5.46. The zero-order valence-corrected chi connectivity index (χ0v) is 12.3. The molecule has 1 heterocycles. The highest BCUT2D eigenvalue weighted by Crippen LogP contribution is 2.38. The third-order valence-corrected chi connectivity index (χ3v) is 4.29. The second-order valence-electron chi connectivity index (χ2n) is 5.58. The Morgan fingerprint density at radius 2 is 2.15 bits per heavy atom. The van der Waals surface area contributed by atoms with E-state index in [1.54, 1.807) is 0 Å². The molecule has 0 aliphatic heterocycles. The van der Waals surface area contributed by atoms with Crippen LogP contribution in [-0.4, -0.2) is 22.7 Å². The predicted octanol–water partition coefficient (Wildman–Crippen LogP) is 2.86. The van der Waals surface area contributed by atoms with Gasteiger partial charge >= 0.3 is 0 Å². The Hall–Kier alpha value is -1.68. The molecule has 1 aromatic heterocycles. The topological polar surface area (TPSA) is 51.0 Å². The monoisotopic (exact) mass is 271 g/mol. The van der Waals surface area contributed by atoms with Crippen LogP contribution in [0.4, 0.5) is 0 Å². The minimum absolute atomic E-state index is 0.228. The summed E-state index contributed by atoms with van der Waals surface area (Å²) >= 11 is 0. The minimum atomic E-state index is 0.228. The number of hydrogen-bond acceptors (Lipinski definition) is 4. The largest absolute Gasteiger partial charge is 0.339 e. The zero-order valence-electron chi connectivity index (χ0n) is 12.3. The van der Waals surface area contributed by atoms with E-state index in [1.807, 2.05) is 0 Å². The molecule has 20 heavy (non-hydrogen) atoms. The molecule has 2 aromatic rings. The van der Waals surface area contributed by atoms with Crippen molar-refractivity contribution in [2.45, 2.75) is 45.1 Å². The van der Waals surface area contributed by atoms with Crippen molar-refractivity contribution in [3.05, 3.63) is 47.1 Å². The first kappa shape index (κ1) is 13.3. The Morgan fingerprint density at radius 1 is 1.35 bits per heavy atom. The Kier molecular flexibility index (Phi) is 3.57. The molecule has 0 saturated heterocycles. The molecule has 4 heteroatoms. The van der Waals surface area contributed by atoms with Gasteiger partial charge in [-0.3, -0.25) is 0 Å². The first-order valence-electron chi connectivity index (χ1n) is 7.35. The Bertz CT molecular complexity index is 593. The fraction of sp³-hybridized carbons (Fsp3) is 0.500. The summed E-state index contributed by atoms with van der Waals surface area (Å²) in [4.78, 5) is 4.62. The molecule has 4 nitrogen and oxygen atoms in total. The van der Waals surface area contributed by atoms with E-state index in [2.05, 4.69) is 60.5 Å². The van der Waals surface area contributed by atoms with Crippen molar-refractivity contribution >= 4 is 0 Å². The molecular weight excluding hydrogens is 250 g/mol. The molecule has 3 unspecified atom stereocenters. The smallest absolute Gasteiger partial charge is 0.231 e. The van der Waals surface area contributed by atoms with E-state index in [1.165, 1.54) is 11.1 Å². The predicted molar refractivity (Wildman–Crippen MR) is 77.8 cm³/mol. The van der Waals surface area contributed by atoms with Crippen molar-refractivity contribution in [2.24, 2.45) is 0 Å². The van der Waals surface area contributed by atoms with Crippen LogP contribution in [0.3, 0.4) is 0 Å². The van der Waals surface area contributed by atoms with E-state index in [-0.39, 0.29) is 5.92 Å². The summed E-state index contributed by atoms with van der Waals surface area (Å²) in [6.45, 7) is 7.33. The number of benzene rings is 1. The Labute approximate surface area is 119 Å². The van der Waals surface area contributed by atoms with E-state index in [0.29, 0.717) is 12.0 Å². The van der Waals surface area contributed by atoms with E-state index in [9.17, 15) is 0 Å². The highest BCUT2D eigenvalue weighted by atomic mass is 16.5. The average molecular weight is 271 g/mol. The number of hydrogen-bond donors (Lipinski definition) is 1. The maximum absolute atomic E-state index is 5.46. The van der Waals surface area contributed by atoms with E-state index in [4.69, 9.17) is 4.52 Å². The van der Waals surface area contributed by atoms with Crippen LogP contribution >= 0.6 is 0 Å². The molecule has 0 bridgehead atoms. The summed E-state index contributed by atoms with van der Waals surface area (Å²) in [5.74, 6) is 2.10. The highest BCUT2D eigenvalue weighted by Gasteiger charge is 2.32. The van der Waals surface area contributed by atoms with Crippen molar-refractivity contribution in [3.63, 3.8) is 0 Å². The van der Waals surface area contributed by atoms with Gasteiger partial charge in [-0.05, 0) is 31.0 Å². The number of nitrogens with zero attached hydrogens (tertiary/aromatic N) is 2. The van der Waals surface area contributed by atoms with Gasteiger partial charge in [0.25, 0.3) is 0 Å². The van der Waals surface area contributed by atoms with Gasteiger partial charge in [-0.15, -0.1) is 0 Å². The van der Waals surface area contributed by atoms with Gasteiger partial charge in [-0.25, -0.2) is 0 Å². The first-order valence-corrected chi connectivity index (χ1v) is 7.35. The third-order valence-electron chi connectivity index (χ3n) is 4.29. The fourth-order valence-corrected chi connectivity index (χ4v) is 2.78. The molecule has 3 atom stereocenters. The summed E-state index contributed by atoms with van der Waals surface area (Å²) < 4.78 is 5.46. The van der Waals surface area contributed by atoms with Gasteiger partial charge in [0, 0.05) is 6.04 Å². The zero-order chi connectivity index (χ0) is 14.1. The van der Waals surface area contributed by atoms with E-state index < -0.39 is 0 Å². The quantitative estimate of drug-likeness (QED) is 0.908. The van der Waals surface area contributed by atoms with Crippen LogP contribution in [0.25, 0.3) is 0 Å². The molecule has 0 spiro atoms. The summed E-state index contributed by atoms with van der Waals surface area (Å²) in [6.07, 6.45) is 1.02. The molecule has 3 rings (SSSR count). The molecule has 0 fully saturated rings. The van der Waals surface area contributed by atoms with Gasteiger partial charge < -0.3 is 9.84 Å². The minimum Gasteiger partial charge on any atom is -0.339 e. The third kappa shape index (κ3) is 2.24. The average Bonchev–Trinajstić information content (AvgIpc) is 2.89. The first-order chi connectivity index (χ1) is 9.70. The van der Waals surface area contributed by atoms with Crippen LogP contribution in [0.1, 0.15) is 55.4 Å². The van der Waals surface area contributed by atoms with Crippen molar-refractivity contribution in [2.75, 3.05) is 6.54 Å².